The van der Waals surface area contributed by atoms with E-state index < -0.39 is 0 Å². The van der Waals surface area contributed by atoms with Gasteiger partial charge in [0.2, 0.25) is 5.91 Å². The summed E-state index contributed by atoms with van der Waals surface area (Å²) >= 11 is 0. The van der Waals surface area contributed by atoms with Crippen molar-refractivity contribution in [2.24, 2.45) is 0 Å². The fraction of sp³-hybridized carbons (Fsp3) is 0.409. The largest absolute Gasteiger partial charge is 0.493 e. The first-order valence-electron chi connectivity index (χ1n) is 9.58. The van der Waals surface area contributed by atoms with Crippen LogP contribution in [-0.4, -0.2) is 33.2 Å². The van der Waals surface area contributed by atoms with E-state index in [4.69, 9.17) is 15.2 Å². The van der Waals surface area contributed by atoms with Crippen molar-refractivity contribution in [2.45, 2.75) is 32.7 Å². The summed E-state index contributed by atoms with van der Waals surface area (Å²) in [5.41, 5.74) is 11.2. The van der Waals surface area contributed by atoms with Crippen LogP contribution in [0.3, 0.4) is 0 Å². The lowest BCUT2D eigenvalue weighted by atomic mass is 9.99. The molecule has 1 unspecified atom stereocenters. The van der Waals surface area contributed by atoms with Crippen LogP contribution in [0, 0.1) is 6.92 Å². The summed E-state index contributed by atoms with van der Waals surface area (Å²) in [6, 6.07) is 9.62. The average molecular weight is 420 g/mol. The zero-order valence-electron chi connectivity index (χ0n) is 17.5. The third-order valence-corrected chi connectivity index (χ3v) is 5.33. The number of carbonyl (C=O) groups is 1. The molecule has 0 aromatic heterocycles. The van der Waals surface area contributed by atoms with E-state index in [-0.39, 0.29) is 24.4 Å². The summed E-state index contributed by atoms with van der Waals surface area (Å²) in [5, 5.41) is 3.11. The highest BCUT2D eigenvalue weighted by atomic mass is 35.5. The quantitative estimate of drug-likeness (QED) is 0.699. The highest BCUT2D eigenvalue weighted by Gasteiger charge is 2.22. The number of fused-ring (bicyclic) bond motifs is 1. The van der Waals surface area contributed by atoms with Gasteiger partial charge in [0.1, 0.15) is 0 Å². The Morgan fingerprint density at radius 1 is 1.24 bits per heavy atom. The lowest BCUT2D eigenvalue weighted by Crippen LogP contribution is -2.40. The fourth-order valence-electron chi connectivity index (χ4n) is 3.89. The average Bonchev–Trinajstić information content (AvgIpc) is 2.68. The molecule has 0 radical (unpaired) electrons. The maximum atomic E-state index is 12.7. The standard InChI is InChI=1S/C22H29N3O3.ClH/c1-14-11-20(27-3)21(28-4)12-17(14)15(2)24-22(26)13-25-10-6-7-16-18(23)8-5-9-19(16)25;/h5,8-9,11-12,15H,6-7,10,13,23H2,1-4H3,(H,24,26);1H. The van der Waals surface area contributed by atoms with Crippen LogP contribution >= 0.6 is 12.4 Å². The zero-order valence-corrected chi connectivity index (χ0v) is 18.3. The number of nitrogens with two attached hydrogens (primary N) is 1. The molecule has 1 aliphatic heterocycles. The number of carbonyl (C=O) groups excluding carboxylic acids is 1. The van der Waals surface area contributed by atoms with Crippen molar-refractivity contribution < 1.29 is 14.3 Å². The van der Waals surface area contributed by atoms with Crippen LogP contribution in [0.1, 0.15) is 36.1 Å². The minimum Gasteiger partial charge on any atom is -0.493 e. The maximum absolute atomic E-state index is 12.7. The van der Waals surface area contributed by atoms with E-state index in [1.54, 1.807) is 14.2 Å². The molecule has 6 nitrogen and oxygen atoms in total. The smallest absolute Gasteiger partial charge is 0.239 e. The van der Waals surface area contributed by atoms with E-state index in [0.29, 0.717) is 18.0 Å². The molecule has 2 aromatic rings. The molecule has 0 bridgehead atoms. The van der Waals surface area contributed by atoms with Gasteiger partial charge in [-0.1, -0.05) is 6.07 Å². The number of nitrogens with one attached hydrogen (secondary N) is 1. The molecular weight excluding hydrogens is 390 g/mol. The van der Waals surface area contributed by atoms with Crippen molar-refractivity contribution in [2.75, 3.05) is 37.9 Å². The summed E-state index contributed by atoms with van der Waals surface area (Å²) in [6.07, 6.45) is 1.96. The highest BCUT2D eigenvalue weighted by molar-refractivity contribution is 5.85. The summed E-state index contributed by atoms with van der Waals surface area (Å²) in [6.45, 7) is 5.15. The van der Waals surface area contributed by atoms with Gasteiger partial charge in [0, 0.05) is 17.9 Å². The number of anilines is 2. The molecule has 0 saturated carbocycles. The van der Waals surface area contributed by atoms with Crippen molar-refractivity contribution in [1.82, 2.24) is 5.32 Å². The predicted octanol–water partition coefficient (Wildman–Crippen LogP) is 3.65. The summed E-state index contributed by atoms with van der Waals surface area (Å²) in [7, 11) is 3.23. The molecule has 1 amide bonds. The fourth-order valence-corrected chi connectivity index (χ4v) is 3.89. The van der Waals surface area contributed by atoms with Gasteiger partial charge in [-0.05, 0) is 67.6 Å². The van der Waals surface area contributed by atoms with Crippen molar-refractivity contribution in [3.63, 3.8) is 0 Å². The number of benzene rings is 2. The van der Waals surface area contributed by atoms with Crippen LogP contribution in [0.2, 0.25) is 0 Å². The van der Waals surface area contributed by atoms with E-state index in [9.17, 15) is 4.79 Å². The number of rotatable bonds is 6. The van der Waals surface area contributed by atoms with Crippen LogP contribution in [-0.2, 0) is 11.2 Å². The monoisotopic (exact) mass is 419 g/mol. The molecule has 7 heteroatoms. The minimum atomic E-state index is -0.141. The molecule has 1 heterocycles. The van der Waals surface area contributed by atoms with E-state index in [1.807, 2.05) is 44.2 Å². The van der Waals surface area contributed by atoms with E-state index in [0.717, 1.165) is 47.5 Å². The van der Waals surface area contributed by atoms with Crippen LogP contribution in [0.4, 0.5) is 11.4 Å². The Balaban J connectivity index is 0.00000300. The number of methoxy groups -OCH3 is 2. The van der Waals surface area contributed by atoms with Crippen molar-refractivity contribution >= 4 is 29.7 Å². The normalized spacial score (nSPS) is 13.7. The van der Waals surface area contributed by atoms with Gasteiger partial charge < -0.3 is 25.4 Å². The van der Waals surface area contributed by atoms with Gasteiger partial charge in [0.25, 0.3) is 0 Å². The second-order valence-electron chi connectivity index (χ2n) is 7.22. The Bertz CT molecular complexity index is 873. The molecule has 0 fully saturated rings. The molecule has 1 aliphatic rings. The predicted molar refractivity (Wildman–Crippen MR) is 119 cm³/mol. The number of hydrogen-bond acceptors (Lipinski definition) is 5. The lowest BCUT2D eigenvalue weighted by molar-refractivity contribution is -0.120. The van der Waals surface area contributed by atoms with Crippen molar-refractivity contribution in [3.05, 3.63) is 47.0 Å². The van der Waals surface area contributed by atoms with Gasteiger partial charge in [0.05, 0.1) is 26.8 Å². The first-order chi connectivity index (χ1) is 13.4. The SMILES string of the molecule is COc1cc(C)c(C(C)NC(=O)CN2CCCc3c(N)cccc32)cc1OC.Cl. The number of nitrogens with zero attached hydrogens (tertiary/aromatic N) is 1. The molecule has 1 atom stereocenters. The summed E-state index contributed by atoms with van der Waals surface area (Å²) < 4.78 is 10.7. The number of aryl methyl sites for hydroxylation is 1. The van der Waals surface area contributed by atoms with Crippen LogP contribution < -0.4 is 25.4 Å². The van der Waals surface area contributed by atoms with Crippen LogP contribution in [0.15, 0.2) is 30.3 Å². The van der Waals surface area contributed by atoms with Crippen LogP contribution in [0.5, 0.6) is 11.5 Å². The Hall–Kier alpha value is -2.60. The minimum absolute atomic E-state index is 0. The Labute approximate surface area is 178 Å². The second-order valence-corrected chi connectivity index (χ2v) is 7.22. The third kappa shape index (κ3) is 4.88. The first kappa shape index (κ1) is 22.7. The number of hydrogen-bond donors (Lipinski definition) is 2. The Morgan fingerprint density at radius 2 is 1.93 bits per heavy atom. The van der Waals surface area contributed by atoms with Gasteiger partial charge in [-0.25, -0.2) is 0 Å². The first-order valence-corrected chi connectivity index (χ1v) is 9.58. The molecule has 0 spiro atoms. The molecule has 0 aliphatic carbocycles. The highest BCUT2D eigenvalue weighted by Crippen LogP contribution is 2.33. The second kappa shape index (κ2) is 9.74. The molecule has 158 valence electrons. The number of amides is 1. The van der Waals surface area contributed by atoms with E-state index >= 15 is 0 Å². The molecule has 3 rings (SSSR count). The van der Waals surface area contributed by atoms with Gasteiger partial charge >= 0.3 is 0 Å². The van der Waals surface area contributed by atoms with Crippen LogP contribution in [0.25, 0.3) is 0 Å². The molecule has 3 N–H and O–H groups in total. The topological polar surface area (TPSA) is 76.8 Å². The van der Waals surface area contributed by atoms with Crippen molar-refractivity contribution in [1.29, 1.82) is 0 Å². The molecular formula is C22H30ClN3O3. The van der Waals surface area contributed by atoms with E-state index in [2.05, 4.69) is 10.2 Å². The number of ether oxygens (including phenoxy) is 2. The van der Waals surface area contributed by atoms with Gasteiger partial charge in [0.15, 0.2) is 11.5 Å². The molecule has 29 heavy (non-hydrogen) atoms. The molecule has 2 aromatic carbocycles. The zero-order chi connectivity index (χ0) is 20.3. The third-order valence-electron chi connectivity index (χ3n) is 5.33. The van der Waals surface area contributed by atoms with Crippen molar-refractivity contribution in [3.8, 4) is 11.5 Å². The Morgan fingerprint density at radius 3 is 2.62 bits per heavy atom. The lowest BCUT2D eigenvalue weighted by Gasteiger charge is -2.32. The number of halogens is 1. The van der Waals surface area contributed by atoms with Gasteiger partial charge in [-0.2, -0.15) is 0 Å². The number of nitrogen functional groups attached to an aromatic ring is 1. The van der Waals surface area contributed by atoms with E-state index in [1.165, 1.54) is 0 Å². The summed E-state index contributed by atoms with van der Waals surface area (Å²) in [5.74, 6) is 1.33. The maximum Gasteiger partial charge on any atom is 0.239 e. The summed E-state index contributed by atoms with van der Waals surface area (Å²) in [4.78, 5) is 14.8. The Kier molecular flexibility index (Phi) is 7.62. The molecule has 0 saturated heterocycles. The van der Waals surface area contributed by atoms with Gasteiger partial charge in [-0.3, -0.25) is 4.79 Å². The van der Waals surface area contributed by atoms with Gasteiger partial charge in [-0.15, -0.1) is 12.4 Å².